The molecule has 0 aliphatic heterocycles. The largest absolute Gasteiger partial charge is 0.489 e. The van der Waals surface area contributed by atoms with Crippen molar-refractivity contribution in [2.24, 2.45) is 0 Å². The lowest BCUT2D eigenvalue weighted by Crippen LogP contribution is -2.54. The van der Waals surface area contributed by atoms with Crippen LogP contribution in [-0.2, 0) is 39.2 Å². The van der Waals surface area contributed by atoms with Gasteiger partial charge in [-0.05, 0) is 65.9 Å². The van der Waals surface area contributed by atoms with E-state index in [1.54, 1.807) is 42.5 Å². The first-order valence-corrected chi connectivity index (χ1v) is 18.5. The average molecular weight is 709 g/mol. The van der Waals surface area contributed by atoms with Crippen LogP contribution in [0, 0.1) is 0 Å². The highest BCUT2D eigenvalue weighted by Gasteiger charge is 2.34. The lowest BCUT2D eigenvalue weighted by molar-refractivity contribution is -0.140. The van der Waals surface area contributed by atoms with E-state index in [1.165, 1.54) is 4.90 Å². The van der Waals surface area contributed by atoms with Crippen LogP contribution in [0.4, 0.5) is 5.69 Å². The van der Waals surface area contributed by atoms with E-state index in [1.807, 2.05) is 60.7 Å². The summed E-state index contributed by atoms with van der Waals surface area (Å²) in [6.45, 7) is -0.161. The predicted molar refractivity (Wildman–Crippen MR) is 191 cm³/mol. The number of sulfonamides is 1. The minimum atomic E-state index is -3.92. The molecule has 252 valence electrons. The van der Waals surface area contributed by atoms with Crippen LogP contribution in [0.5, 0.6) is 5.75 Å². The summed E-state index contributed by atoms with van der Waals surface area (Å²) in [4.78, 5) is 29.9. The van der Waals surface area contributed by atoms with Gasteiger partial charge in [-0.3, -0.25) is 13.9 Å². The molecule has 5 rings (SSSR count). The van der Waals surface area contributed by atoms with Gasteiger partial charge in [0.1, 0.15) is 24.9 Å². The molecule has 11 heteroatoms. The van der Waals surface area contributed by atoms with Gasteiger partial charge in [0.15, 0.2) is 0 Å². The molecule has 0 saturated heterocycles. The van der Waals surface area contributed by atoms with Crippen molar-refractivity contribution in [2.45, 2.75) is 57.3 Å². The molecule has 1 fully saturated rings. The van der Waals surface area contributed by atoms with Crippen molar-refractivity contribution in [3.8, 4) is 5.75 Å². The number of ether oxygens (including phenoxy) is 1. The number of amides is 2. The molecule has 48 heavy (non-hydrogen) atoms. The molecule has 0 heterocycles. The second kappa shape index (κ2) is 16.4. The molecular formula is C37H39Cl2N3O5S. The number of anilines is 1. The first-order chi connectivity index (χ1) is 23.1. The van der Waals surface area contributed by atoms with Crippen LogP contribution in [0.1, 0.15) is 42.4 Å². The van der Waals surface area contributed by atoms with Crippen molar-refractivity contribution < 1.29 is 22.7 Å². The molecule has 1 saturated carbocycles. The minimum Gasteiger partial charge on any atom is -0.489 e. The van der Waals surface area contributed by atoms with Crippen molar-refractivity contribution in [1.29, 1.82) is 0 Å². The van der Waals surface area contributed by atoms with Crippen molar-refractivity contribution in [3.05, 3.63) is 130 Å². The molecule has 0 aromatic heterocycles. The zero-order valence-electron chi connectivity index (χ0n) is 26.7. The smallest absolute Gasteiger partial charge is 0.244 e. The monoisotopic (exact) mass is 707 g/mol. The molecule has 0 bridgehead atoms. The zero-order valence-corrected chi connectivity index (χ0v) is 29.1. The predicted octanol–water partition coefficient (Wildman–Crippen LogP) is 7.04. The van der Waals surface area contributed by atoms with E-state index < -0.39 is 28.5 Å². The summed E-state index contributed by atoms with van der Waals surface area (Å²) in [5, 5.41) is 3.83. The summed E-state index contributed by atoms with van der Waals surface area (Å²) in [5.74, 6) is -0.279. The summed E-state index contributed by atoms with van der Waals surface area (Å²) in [6, 6.07) is 29.8. The SMILES string of the molecule is CS(=O)(=O)N(CC(=O)N(Cc1ccc(Cl)c(Cl)c1)[C@H](Cc1ccccc1)C(=O)NC1CCCC1)c1ccc(OCc2ccccc2)cc1. The molecule has 0 unspecified atom stereocenters. The maximum absolute atomic E-state index is 14.4. The van der Waals surface area contributed by atoms with Crippen LogP contribution < -0.4 is 14.4 Å². The molecule has 0 radical (unpaired) electrons. The molecule has 8 nitrogen and oxygen atoms in total. The van der Waals surface area contributed by atoms with Crippen molar-refractivity contribution in [2.75, 3.05) is 17.1 Å². The van der Waals surface area contributed by atoms with Gasteiger partial charge in [-0.15, -0.1) is 0 Å². The minimum absolute atomic E-state index is 0.00910. The Bertz CT molecular complexity index is 1790. The number of nitrogens with zero attached hydrogens (tertiary/aromatic N) is 2. The van der Waals surface area contributed by atoms with Gasteiger partial charge in [-0.2, -0.15) is 0 Å². The molecule has 4 aromatic rings. The fourth-order valence-electron chi connectivity index (χ4n) is 5.82. The fourth-order valence-corrected chi connectivity index (χ4v) is 6.99. The fraction of sp³-hybridized carbons (Fsp3) is 0.297. The Labute approximate surface area is 292 Å². The number of benzene rings is 4. The molecule has 1 N–H and O–H groups in total. The molecule has 1 atom stereocenters. The van der Waals surface area contributed by atoms with E-state index in [9.17, 15) is 18.0 Å². The Morgan fingerprint density at radius 1 is 0.833 bits per heavy atom. The molecule has 4 aromatic carbocycles. The zero-order chi connectivity index (χ0) is 34.1. The van der Waals surface area contributed by atoms with Gasteiger partial charge in [0.05, 0.1) is 22.0 Å². The van der Waals surface area contributed by atoms with Gasteiger partial charge in [-0.25, -0.2) is 8.42 Å². The third-order valence-electron chi connectivity index (χ3n) is 8.36. The summed E-state index contributed by atoms with van der Waals surface area (Å²) in [5.41, 5.74) is 2.80. The lowest BCUT2D eigenvalue weighted by atomic mass is 10.0. The van der Waals surface area contributed by atoms with Crippen LogP contribution in [0.25, 0.3) is 0 Å². The van der Waals surface area contributed by atoms with E-state index in [0.29, 0.717) is 33.7 Å². The summed E-state index contributed by atoms with van der Waals surface area (Å²) in [7, 11) is -3.92. The number of halogens is 2. The van der Waals surface area contributed by atoms with E-state index in [0.717, 1.165) is 47.4 Å². The second-order valence-electron chi connectivity index (χ2n) is 12.0. The topological polar surface area (TPSA) is 96.0 Å². The molecular weight excluding hydrogens is 669 g/mol. The summed E-state index contributed by atoms with van der Waals surface area (Å²) >= 11 is 12.5. The number of nitrogens with one attached hydrogen (secondary N) is 1. The van der Waals surface area contributed by atoms with Crippen LogP contribution in [0.2, 0.25) is 10.0 Å². The summed E-state index contributed by atoms with van der Waals surface area (Å²) in [6.07, 6.45) is 5.09. The molecule has 1 aliphatic rings. The Morgan fingerprint density at radius 3 is 2.06 bits per heavy atom. The van der Waals surface area contributed by atoms with E-state index in [-0.39, 0.29) is 24.9 Å². The number of carbonyl (C=O) groups excluding carboxylic acids is 2. The van der Waals surface area contributed by atoms with Crippen LogP contribution in [-0.4, -0.2) is 50.0 Å². The normalized spacial score (nSPS) is 13.9. The highest BCUT2D eigenvalue weighted by Crippen LogP contribution is 2.27. The van der Waals surface area contributed by atoms with Gasteiger partial charge in [0.2, 0.25) is 21.8 Å². The first kappa shape index (κ1) is 35.3. The number of carbonyl (C=O) groups is 2. The van der Waals surface area contributed by atoms with Gasteiger partial charge >= 0.3 is 0 Å². The Balaban J connectivity index is 1.44. The van der Waals surface area contributed by atoms with Gasteiger partial charge < -0.3 is 15.0 Å². The van der Waals surface area contributed by atoms with E-state index in [4.69, 9.17) is 27.9 Å². The quantitative estimate of drug-likeness (QED) is 0.152. The lowest BCUT2D eigenvalue weighted by Gasteiger charge is -2.34. The van der Waals surface area contributed by atoms with Crippen LogP contribution >= 0.6 is 23.2 Å². The molecule has 2 amide bonds. The molecule has 0 spiro atoms. The highest BCUT2D eigenvalue weighted by molar-refractivity contribution is 7.92. The second-order valence-corrected chi connectivity index (χ2v) is 14.7. The van der Waals surface area contributed by atoms with E-state index in [2.05, 4.69) is 5.32 Å². The van der Waals surface area contributed by atoms with Crippen LogP contribution in [0.3, 0.4) is 0 Å². The number of hydrogen-bond donors (Lipinski definition) is 1. The van der Waals surface area contributed by atoms with Gasteiger partial charge in [0.25, 0.3) is 0 Å². The summed E-state index contributed by atoms with van der Waals surface area (Å²) < 4.78 is 33.3. The maximum atomic E-state index is 14.4. The standard InChI is InChI=1S/C37H39Cl2N3O5S/c1-48(45,46)42(31-17-19-32(20-18-31)47-26-28-12-6-3-7-13-28)25-36(43)41(24-29-16-21-33(38)34(39)22-29)35(23-27-10-4-2-5-11-27)37(44)40-30-14-8-9-15-30/h2-7,10-13,16-22,30,35H,8-9,14-15,23-26H2,1H3,(H,40,44)/t35-/m1/s1. The van der Waals surface area contributed by atoms with Crippen LogP contribution in [0.15, 0.2) is 103 Å². The number of hydrogen-bond acceptors (Lipinski definition) is 5. The van der Waals surface area contributed by atoms with E-state index >= 15 is 0 Å². The Kier molecular flexibility index (Phi) is 12.0. The van der Waals surface area contributed by atoms with Crippen molar-refractivity contribution in [1.82, 2.24) is 10.2 Å². The molecule has 1 aliphatic carbocycles. The average Bonchev–Trinajstić information content (AvgIpc) is 3.59. The highest BCUT2D eigenvalue weighted by atomic mass is 35.5. The number of rotatable bonds is 14. The Hall–Kier alpha value is -4.05. The van der Waals surface area contributed by atoms with Crippen molar-refractivity contribution >= 4 is 50.7 Å². The Morgan fingerprint density at radius 2 is 1.46 bits per heavy atom. The third-order valence-corrected chi connectivity index (χ3v) is 10.2. The maximum Gasteiger partial charge on any atom is 0.244 e. The van der Waals surface area contributed by atoms with Crippen molar-refractivity contribution in [3.63, 3.8) is 0 Å². The third kappa shape index (κ3) is 9.75. The first-order valence-electron chi connectivity index (χ1n) is 15.9. The van der Waals surface area contributed by atoms with Gasteiger partial charge in [-0.1, -0.05) is 103 Å². The van der Waals surface area contributed by atoms with Gasteiger partial charge in [0, 0.05) is 19.0 Å².